The summed E-state index contributed by atoms with van der Waals surface area (Å²) >= 11 is 0. The summed E-state index contributed by atoms with van der Waals surface area (Å²) in [5.74, 6) is -0.472. The van der Waals surface area contributed by atoms with Gasteiger partial charge in [0, 0.05) is 6.61 Å². The van der Waals surface area contributed by atoms with Gasteiger partial charge in [-0.1, -0.05) is 0 Å². The zero-order valence-corrected chi connectivity index (χ0v) is 9.87. The largest absolute Gasteiger partial charge is 0.465 e. The summed E-state index contributed by atoms with van der Waals surface area (Å²) in [7, 11) is 0. The van der Waals surface area contributed by atoms with Gasteiger partial charge in [0.1, 0.15) is 0 Å². The van der Waals surface area contributed by atoms with Gasteiger partial charge in [0.25, 0.3) is 0 Å². The highest BCUT2D eigenvalue weighted by Gasteiger charge is 2.34. The third-order valence-corrected chi connectivity index (χ3v) is 2.03. The highest BCUT2D eigenvalue weighted by molar-refractivity contribution is 5.79. The first-order valence-electron chi connectivity index (χ1n) is 5.16. The van der Waals surface area contributed by atoms with Crippen LogP contribution in [-0.2, 0) is 14.3 Å². The van der Waals surface area contributed by atoms with Crippen molar-refractivity contribution in [2.24, 2.45) is 5.41 Å². The second-order valence-corrected chi connectivity index (χ2v) is 3.83. The number of ether oxygens (including phenoxy) is 2. The molecule has 1 atom stereocenters. The summed E-state index contributed by atoms with van der Waals surface area (Å²) in [5.41, 5.74) is -1.09. The van der Waals surface area contributed by atoms with Crippen LogP contribution in [0.5, 0.6) is 0 Å². The van der Waals surface area contributed by atoms with E-state index >= 15 is 0 Å². The molecule has 0 saturated carbocycles. The average molecular weight is 213 g/mol. The molecule has 0 aromatic heterocycles. The van der Waals surface area contributed by atoms with Crippen LogP contribution in [0.2, 0.25) is 0 Å². The van der Waals surface area contributed by atoms with Crippen LogP contribution in [0.15, 0.2) is 0 Å². The zero-order chi connectivity index (χ0) is 11.9. The van der Waals surface area contributed by atoms with Crippen molar-refractivity contribution in [3.05, 3.63) is 0 Å². The van der Waals surface area contributed by atoms with Crippen molar-refractivity contribution in [3.63, 3.8) is 0 Å². The number of rotatable bonds is 6. The van der Waals surface area contributed by atoms with Gasteiger partial charge in [-0.05, 0) is 34.1 Å². The smallest absolute Gasteiger partial charge is 0.326 e. The summed E-state index contributed by atoms with van der Waals surface area (Å²) in [6, 6.07) is 1.98. The van der Waals surface area contributed by atoms with E-state index < -0.39 is 11.4 Å². The Morgan fingerprint density at radius 1 is 1.53 bits per heavy atom. The van der Waals surface area contributed by atoms with E-state index in [1.54, 1.807) is 13.8 Å². The Kier molecular flexibility index (Phi) is 5.95. The normalized spacial score (nSPS) is 14.4. The van der Waals surface area contributed by atoms with Gasteiger partial charge in [0.2, 0.25) is 0 Å². The maximum atomic E-state index is 11.5. The van der Waals surface area contributed by atoms with E-state index in [1.807, 2.05) is 19.9 Å². The molecule has 0 aromatic carbocycles. The maximum Gasteiger partial charge on any atom is 0.326 e. The molecule has 4 nitrogen and oxygen atoms in total. The van der Waals surface area contributed by atoms with Crippen LogP contribution in [-0.4, -0.2) is 25.3 Å². The third-order valence-electron chi connectivity index (χ3n) is 2.03. The molecular weight excluding hydrogens is 194 g/mol. The fourth-order valence-electron chi connectivity index (χ4n) is 0.993. The highest BCUT2D eigenvalue weighted by atomic mass is 16.5. The SMILES string of the molecule is CCOC(=O)C(C)(C#N)CCOC(C)C. The predicted molar refractivity (Wildman–Crippen MR) is 56.1 cm³/mol. The number of hydrogen-bond donors (Lipinski definition) is 0. The number of hydrogen-bond acceptors (Lipinski definition) is 4. The molecular formula is C11H19NO3. The monoisotopic (exact) mass is 213 g/mol. The van der Waals surface area contributed by atoms with Gasteiger partial charge in [-0.15, -0.1) is 0 Å². The van der Waals surface area contributed by atoms with Gasteiger partial charge >= 0.3 is 5.97 Å². The van der Waals surface area contributed by atoms with Crippen molar-refractivity contribution in [3.8, 4) is 6.07 Å². The molecule has 0 heterocycles. The zero-order valence-electron chi connectivity index (χ0n) is 9.87. The Balaban J connectivity index is 4.20. The molecule has 0 amide bonds. The van der Waals surface area contributed by atoms with Gasteiger partial charge in [0.05, 0.1) is 18.8 Å². The molecule has 0 bridgehead atoms. The molecule has 0 aliphatic heterocycles. The Morgan fingerprint density at radius 3 is 2.53 bits per heavy atom. The minimum absolute atomic E-state index is 0.107. The minimum Gasteiger partial charge on any atom is -0.465 e. The summed E-state index contributed by atoms with van der Waals surface area (Å²) in [5, 5.41) is 8.94. The van der Waals surface area contributed by atoms with Gasteiger partial charge in [-0.3, -0.25) is 4.79 Å². The number of esters is 1. The fraction of sp³-hybridized carbons (Fsp3) is 0.818. The summed E-state index contributed by atoms with van der Waals surface area (Å²) in [6.45, 7) is 7.80. The van der Waals surface area contributed by atoms with Gasteiger partial charge in [-0.25, -0.2) is 0 Å². The first-order valence-corrected chi connectivity index (χ1v) is 5.16. The van der Waals surface area contributed by atoms with Crippen LogP contribution in [0.3, 0.4) is 0 Å². The van der Waals surface area contributed by atoms with Crippen LogP contribution in [0, 0.1) is 16.7 Å². The summed E-state index contributed by atoms with van der Waals surface area (Å²) in [4.78, 5) is 11.5. The molecule has 0 aliphatic carbocycles. The Labute approximate surface area is 91.2 Å². The number of nitrogens with zero attached hydrogens (tertiary/aromatic N) is 1. The maximum absolute atomic E-state index is 11.5. The summed E-state index contributed by atoms with van der Waals surface area (Å²) in [6.07, 6.45) is 0.468. The number of carbonyl (C=O) groups is 1. The molecule has 86 valence electrons. The molecule has 1 unspecified atom stereocenters. The van der Waals surface area contributed by atoms with E-state index in [4.69, 9.17) is 14.7 Å². The van der Waals surface area contributed by atoms with Gasteiger partial charge in [-0.2, -0.15) is 5.26 Å². The van der Waals surface area contributed by atoms with Crippen molar-refractivity contribution in [2.45, 2.75) is 40.2 Å². The van der Waals surface area contributed by atoms with Crippen molar-refractivity contribution in [1.29, 1.82) is 5.26 Å². The molecule has 0 spiro atoms. The minimum atomic E-state index is -1.09. The molecule has 4 heteroatoms. The van der Waals surface area contributed by atoms with Crippen molar-refractivity contribution >= 4 is 5.97 Å². The van der Waals surface area contributed by atoms with Crippen LogP contribution < -0.4 is 0 Å². The molecule has 0 radical (unpaired) electrons. The first-order chi connectivity index (χ1) is 6.96. The van der Waals surface area contributed by atoms with E-state index in [0.29, 0.717) is 19.6 Å². The molecule has 0 N–H and O–H groups in total. The first kappa shape index (κ1) is 13.9. The van der Waals surface area contributed by atoms with E-state index in [1.165, 1.54) is 0 Å². The molecule has 0 rings (SSSR count). The lowest BCUT2D eigenvalue weighted by molar-refractivity contribution is -0.152. The second-order valence-electron chi connectivity index (χ2n) is 3.83. The molecule has 0 aliphatic rings. The van der Waals surface area contributed by atoms with E-state index in [2.05, 4.69) is 0 Å². The van der Waals surface area contributed by atoms with Crippen LogP contribution >= 0.6 is 0 Å². The Hall–Kier alpha value is -1.08. The third kappa shape index (κ3) is 4.80. The topological polar surface area (TPSA) is 59.3 Å². The fourth-order valence-corrected chi connectivity index (χ4v) is 0.993. The predicted octanol–water partition coefficient (Wildman–Crippen LogP) is 1.89. The lowest BCUT2D eigenvalue weighted by atomic mass is 9.89. The standard InChI is InChI=1S/C11H19NO3/c1-5-14-10(13)11(4,8-12)6-7-15-9(2)3/h9H,5-7H2,1-4H3. The second kappa shape index (κ2) is 6.41. The quantitative estimate of drug-likeness (QED) is 0.632. The lowest BCUT2D eigenvalue weighted by Crippen LogP contribution is -2.30. The van der Waals surface area contributed by atoms with Crippen LogP contribution in [0.1, 0.15) is 34.1 Å². The Morgan fingerprint density at radius 2 is 2.13 bits per heavy atom. The van der Waals surface area contributed by atoms with Crippen molar-refractivity contribution in [1.82, 2.24) is 0 Å². The van der Waals surface area contributed by atoms with Crippen molar-refractivity contribution in [2.75, 3.05) is 13.2 Å². The number of nitriles is 1. The van der Waals surface area contributed by atoms with Gasteiger partial charge < -0.3 is 9.47 Å². The molecule has 0 fully saturated rings. The van der Waals surface area contributed by atoms with Crippen LogP contribution in [0.25, 0.3) is 0 Å². The van der Waals surface area contributed by atoms with Gasteiger partial charge in [0.15, 0.2) is 5.41 Å². The van der Waals surface area contributed by atoms with E-state index in [-0.39, 0.29) is 6.10 Å². The van der Waals surface area contributed by atoms with Crippen LogP contribution in [0.4, 0.5) is 0 Å². The highest BCUT2D eigenvalue weighted by Crippen LogP contribution is 2.22. The Bertz CT molecular complexity index is 245. The molecule has 0 aromatic rings. The average Bonchev–Trinajstić information content (AvgIpc) is 2.17. The summed E-state index contributed by atoms with van der Waals surface area (Å²) < 4.78 is 10.1. The lowest BCUT2D eigenvalue weighted by Gasteiger charge is -2.19. The van der Waals surface area contributed by atoms with E-state index in [9.17, 15) is 4.79 Å². The van der Waals surface area contributed by atoms with Crippen molar-refractivity contribution < 1.29 is 14.3 Å². The number of carbonyl (C=O) groups excluding carboxylic acids is 1. The van der Waals surface area contributed by atoms with E-state index in [0.717, 1.165) is 0 Å². The molecule has 0 saturated heterocycles. The molecule has 15 heavy (non-hydrogen) atoms.